The van der Waals surface area contributed by atoms with Crippen LogP contribution in [0.3, 0.4) is 0 Å². The SMILES string of the molecule is CCCCN1CCC(COC(=O)c2cccc3ccccc23)CC1. The summed E-state index contributed by atoms with van der Waals surface area (Å²) in [6.07, 6.45) is 4.79. The summed E-state index contributed by atoms with van der Waals surface area (Å²) >= 11 is 0. The number of carbonyl (C=O) groups is 1. The fourth-order valence-corrected chi connectivity index (χ4v) is 3.43. The molecule has 3 nitrogen and oxygen atoms in total. The number of esters is 1. The highest BCUT2D eigenvalue weighted by Gasteiger charge is 2.21. The first-order valence-electron chi connectivity index (χ1n) is 9.15. The van der Waals surface area contributed by atoms with Gasteiger partial charge in [-0.05, 0) is 61.7 Å². The molecule has 0 spiro atoms. The summed E-state index contributed by atoms with van der Waals surface area (Å²) in [6, 6.07) is 13.8. The summed E-state index contributed by atoms with van der Waals surface area (Å²) in [5.74, 6) is 0.307. The Balaban J connectivity index is 1.53. The molecule has 1 heterocycles. The van der Waals surface area contributed by atoms with Crippen molar-refractivity contribution < 1.29 is 9.53 Å². The lowest BCUT2D eigenvalue weighted by molar-refractivity contribution is 0.0374. The van der Waals surface area contributed by atoms with Gasteiger partial charge in [-0.1, -0.05) is 49.7 Å². The average molecular weight is 325 g/mol. The summed E-state index contributed by atoms with van der Waals surface area (Å²) < 4.78 is 5.63. The Morgan fingerprint density at radius 2 is 1.88 bits per heavy atom. The number of ether oxygens (including phenoxy) is 1. The zero-order valence-corrected chi connectivity index (χ0v) is 14.5. The van der Waals surface area contributed by atoms with Gasteiger partial charge in [0.25, 0.3) is 0 Å². The minimum Gasteiger partial charge on any atom is -0.462 e. The molecule has 0 saturated carbocycles. The van der Waals surface area contributed by atoms with Crippen molar-refractivity contribution >= 4 is 16.7 Å². The zero-order chi connectivity index (χ0) is 16.8. The summed E-state index contributed by atoms with van der Waals surface area (Å²) in [5, 5.41) is 2.05. The molecule has 0 aliphatic carbocycles. The van der Waals surface area contributed by atoms with E-state index in [1.165, 1.54) is 19.4 Å². The van der Waals surface area contributed by atoms with E-state index >= 15 is 0 Å². The second kappa shape index (κ2) is 8.29. The van der Waals surface area contributed by atoms with Crippen molar-refractivity contribution in [2.75, 3.05) is 26.2 Å². The van der Waals surface area contributed by atoms with Crippen molar-refractivity contribution in [3.05, 3.63) is 48.0 Å². The zero-order valence-electron chi connectivity index (χ0n) is 14.5. The van der Waals surface area contributed by atoms with Gasteiger partial charge < -0.3 is 9.64 Å². The highest BCUT2D eigenvalue weighted by Crippen LogP contribution is 2.21. The maximum absolute atomic E-state index is 12.5. The Labute approximate surface area is 144 Å². The van der Waals surface area contributed by atoms with Gasteiger partial charge in [-0.25, -0.2) is 4.79 Å². The molecule has 0 radical (unpaired) electrons. The van der Waals surface area contributed by atoms with Crippen LogP contribution >= 0.6 is 0 Å². The van der Waals surface area contributed by atoms with E-state index in [-0.39, 0.29) is 5.97 Å². The molecule has 1 aliphatic heterocycles. The summed E-state index contributed by atoms with van der Waals surface area (Å²) in [7, 11) is 0. The van der Waals surface area contributed by atoms with Crippen molar-refractivity contribution in [2.45, 2.75) is 32.6 Å². The smallest absolute Gasteiger partial charge is 0.338 e. The number of nitrogens with zero attached hydrogens (tertiary/aromatic N) is 1. The molecule has 1 aliphatic rings. The predicted molar refractivity (Wildman–Crippen MR) is 98.3 cm³/mol. The largest absolute Gasteiger partial charge is 0.462 e. The van der Waals surface area contributed by atoms with Crippen molar-refractivity contribution in [1.82, 2.24) is 4.90 Å². The van der Waals surface area contributed by atoms with E-state index in [4.69, 9.17) is 4.74 Å². The minimum atomic E-state index is -0.194. The summed E-state index contributed by atoms with van der Waals surface area (Å²) in [6.45, 7) is 6.26. The van der Waals surface area contributed by atoms with Gasteiger partial charge in [0.15, 0.2) is 0 Å². The molecule has 2 aromatic rings. The third-order valence-electron chi connectivity index (χ3n) is 4.99. The van der Waals surface area contributed by atoms with E-state index in [0.717, 1.165) is 36.7 Å². The predicted octanol–water partition coefficient (Wildman–Crippen LogP) is 4.51. The highest BCUT2D eigenvalue weighted by molar-refractivity contribution is 6.04. The fourth-order valence-electron chi connectivity index (χ4n) is 3.43. The second-order valence-corrected chi connectivity index (χ2v) is 6.76. The lowest BCUT2D eigenvalue weighted by Crippen LogP contribution is -2.36. The molecule has 0 N–H and O–H groups in total. The van der Waals surface area contributed by atoms with Crippen molar-refractivity contribution in [3.8, 4) is 0 Å². The molecule has 24 heavy (non-hydrogen) atoms. The molecule has 0 aromatic heterocycles. The van der Waals surface area contributed by atoms with Gasteiger partial charge in [-0.2, -0.15) is 0 Å². The maximum atomic E-state index is 12.5. The third kappa shape index (κ3) is 4.15. The maximum Gasteiger partial charge on any atom is 0.338 e. The molecule has 0 bridgehead atoms. The van der Waals surface area contributed by atoms with Crippen molar-refractivity contribution in [3.63, 3.8) is 0 Å². The molecule has 0 unspecified atom stereocenters. The van der Waals surface area contributed by atoms with Crippen LogP contribution in [0.5, 0.6) is 0 Å². The van der Waals surface area contributed by atoms with Gasteiger partial charge in [0.05, 0.1) is 12.2 Å². The Morgan fingerprint density at radius 3 is 2.67 bits per heavy atom. The highest BCUT2D eigenvalue weighted by atomic mass is 16.5. The van der Waals surface area contributed by atoms with Crippen LogP contribution in [0.25, 0.3) is 10.8 Å². The Morgan fingerprint density at radius 1 is 1.12 bits per heavy atom. The van der Waals surface area contributed by atoms with Crippen LogP contribution in [-0.2, 0) is 4.74 Å². The normalized spacial score (nSPS) is 16.4. The van der Waals surface area contributed by atoms with Crippen LogP contribution in [0.15, 0.2) is 42.5 Å². The molecule has 0 atom stereocenters. The number of carbonyl (C=O) groups excluding carboxylic acids is 1. The van der Waals surface area contributed by atoms with E-state index in [9.17, 15) is 4.79 Å². The molecule has 3 heteroatoms. The first-order chi connectivity index (χ1) is 11.8. The number of fused-ring (bicyclic) bond motifs is 1. The monoisotopic (exact) mass is 325 g/mol. The van der Waals surface area contributed by atoms with E-state index in [0.29, 0.717) is 18.1 Å². The Hall–Kier alpha value is -1.87. The van der Waals surface area contributed by atoms with Gasteiger partial charge in [0, 0.05) is 0 Å². The first-order valence-corrected chi connectivity index (χ1v) is 9.15. The second-order valence-electron chi connectivity index (χ2n) is 6.76. The lowest BCUT2D eigenvalue weighted by Gasteiger charge is -2.31. The van der Waals surface area contributed by atoms with Crippen molar-refractivity contribution in [1.29, 1.82) is 0 Å². The molecule has 1 saturated heterocycles. The topological polar surface area (TPSA) is 29.5 Å². The first kappa shape index (κ1) is 17.0. The van der Waals surface area contributed by atoms with E-state index < -0.39 is 0 Å². The molecule has 2 aromatic carbocycles. The number of piperidine rings is 1. The summed E-state index contributed by atoms with van der Waals surface area (Å²) in [4.78, 5) is 15.0. The average Bonchev–Trinajstić information content (AvgIpc) is 2.64. The van der Waals surface area contributed by atoms with Crippen LogP contribution < -0.4 is 0 Å². The molecule has 128 valence electrons. The lowest BCUT2D eigenvalue weighted by atomic mass is 9.97. The number of unbranched alkanes of at least 4 members (excludes halogenated alkanes) is 1. The standard InChI is InChI=1S/C21H27NO2/c1-2-3-13-22-14-11-17(12-15-22)16-24-21(23)20-10-6-8-18-7-4-5-9-19(18)20/h4-10,17H,2-3,11-16H2,1H3. The van der Waals surface area contributed by atoms with E-state index in [2.05, 4.69) is 11.8 Å². The number of hydrogen-bond donors (Lipinski definition) is 0. The Kier molecular flexibility index (Phi) is 5.86. The quantitative estimate of drug-likeness (QED) is 0.732. The number of rotatable bonds is 6. The van der Waals surface area contributed by atoms with Gasteiger partial charge in [0.2, 0.25) is 0 Å². The minimum absolute atomic E-state index is 0.194. The number of likely N-dealkylation sites (tertiary alicyclic amines) is 1. The molecular weight excluding hydrogens is 298 g/mol. The summed E-state index contributed by atoms with van der Waals surface area (Å²) in [5.41, 5.74) is 0.675. The number of benzene rings is 2. The van der Waals surface area contributed by atoms with Crippen LogP contribution in [0, 0.1) is 5.92 Å². The van der Waals surface area contributed by atoms with E-state index in [1.807, 2.05) is 42.5 Å². The van der Waals surface area contributed by atoms with Gasteiger partial charge in [-0.3, -0.25) is 0 Å². The molecule has 3 rings (SSSR count). The van der Waals surface area contributed by atoms with Crippen LogP contribution in [0.2, 0.25) is 0 Å². The Bertz CT molecular complexity index is 669. The number of hydrogen-bond acceptors (Lipinski definition) is 3. The van der Waals surface area contributed by atoms with Crippen LogP contribution in [0.4, 0.5) is 0 Å². The molecule has 1 fully saturated rings. The van der Waals surface area contributed by atoms with Crippen LogP contribution in [-0.4, -0.2) is 37.1 Å². The van der Waals surface area contributed by atoms with Crippen LogP contribution in [0.1, 0.15) is 43.0 Å². The molecule has 0 amide bonds. The third-order valence-corrected chi connectivity index (χ3v) is 4.99. The van der Waals surface area contributed by atoms with Gasteiger partial charge in [0.1, 0.15) is 0 Å². The van der Waals surface area contributed by atoms with Gasteiger partial charge >= 0.3 is 5.97 Å². The van der Waals surface area contributed by atoms with Crippen molar-refractivity contribution in [2.24, 2.45) is 5.92 Å². The van der Waals surface area contributed by atoms with Gasteiger partial charge in [-0.15, -0.1) is 0 Å². The fraction of sp³-hybridized carbons (Fsp3) is 0.476. The molecular formula is C21H27NO2. The van der Waals surface area contributed by atoms with E-state index in [1.54, 1.807) is 0 Å².